The van der Waals surface area contributed by atoms with E-state index in [-0.39, 0.29) is 22.4 Å². The topological polar surface area (TPSA) is 53.1 Å². The molecular formula is C19H25NO2S. The zero-order valence-corrected chi connectivity index (χ0v) is 15.5. The number of aromatic nitrogens is 1. The first kappa shape index (κ1) is 17.7. The third kappa shape index (κ3) is 3.63. The van der Waals surface area contributed by atoms with Crippen LogP contribution >= 0.6 is 12.6 Å². The van der Waals surface area contributed by atoms with Gasteiger partial charge in [-0.3, -0.25) is 4.79 Å². The lowest BCUT2D eigenvalue weighted by Crippen LogP contribution is -2.19. The molecule has 0 amide bonds. The van der Waals surface area contributed by atoms with E-state index in [2.05, 4.69) is 17.6 Å². The summed E-state index contributed by atoms with van der Waals surface area (Å²) in [5.41, 5.74) is 2.22. The standard InChI is InChI=1S/C19H25NO2S/c1-18(2,3)13-7-11(8-14(17(13)22)19(4,5)6)16(21)12-9-15(23)20-10-12/h7-10,20,22-23H,1-6H3. The molecule has 1 aromatic heterocycles. The van der Waals surface area contributed by atoms with Crippen molar-refractivity contribution < 1.29 is 9.90 Å². The van der Waals surface area contributed by atoms with Crippen molar-refractivity contribution in [3.63, 3.8) is 0 Å². The van der Waals surface area contributed by atoms with Gasteiger partial charge in [0.2, 0.25) is 0 Å². The molecule has 1 heterocycles. The monoisotopic (exact) mass is 331 g/mol. The number of H-pyrrole nitrogens is 1. The molecule has 23 heavy (non-hydrogen) atoms. The van der Waals surface area contributed by atoms with Crippen LogP contribution in [0, 0.1) is 0 Å². The number of hydrogen-bond acceptors (Lipinski definition) is 3. The fourth-order valence-electron chi connectivity index (χ4n) is 2.59. The van der Waals surface area contributed by atoms with Crippen LogP contribution in [0.25, 0.3) is 0 Å². The Morgan fingerprint density at radius 1 is 0.957 bits per heavy atom. The summed E-state index contributed by atoms with van der Waals surface area (Å²) in [5.74, 6) is 0.211. The fraction of sp³-hybridized carbons (Fsp3) is 0.421. The highest BCUT2D eigenvalue weighted by Gasteiger charge is 2.28. The first-order chi connectivity index (χ1) is 10.4. The van der Waals surface area contributed by atoms with Gasteiger partial charge in [0.25, 0.3) is 0 Å². The summed E-state index contributed by atoms with van der Waals surface area (Å²) < 4.78 is 0. The van der Waals surface area contributed by atoms with Crippen molar-refractivity contribution in [1.82, 2.24) is 4.98 Å². The number of ketones is 1. The van der Waals surface area contributed by atoms with Crippen molar-refractivity contribution in [3.05, 3.63) is 46.6 Å². The Labute approximate surface area is 143 Å². The number of hydrogen-bond donors (Lipinski definition) is 3. The minimum absolute atomic E-state index is 0.0717. The molecule has 0 unspecified atom stereocenters. The SMILES string of the molecule is CC(C)(C)c1cc(C(=O)c2c[nH]c(S)c2)cc(C(C)(C)C)c1O. The molecule has 4 heteroatoms. The van der Waals surface area contributed by atoms with Gasteiger partial charge in [0, 0.05) is 28.5 Å². The normalized spacial score (nSPS) is 12.5. The van der Waals surface area contributed by atoms with E-state index in [0.29, 0.717) is 16.2 Å². The molecule has 0 aliphatic heterocycles. The molecule has 0 saturated carbocycles. The van der Waals surface area contributed by atoms with Crippen molar-refractivity contribution in [2.75, 3.05) is 0 Å². The molecular weight excluding hydrogens is 306 g/mol. The molecule has 0 radical (unpaired) electrons. The van der Waals surface area contributed by atoms with Crippen LogP contribution in [0.1, 0.15) is 68.6 Å². The van der Waals surface area contributed by atoms with Crippen molar-refractivity contribution in [3.8, 4) is 5.75 Å². The third-order valence-electron chi connectivity index (χ3n) is 3.92. The van der Waals surface area contributed by atoms with E-state index >= 15 is 0 Å². The van der Waals surface area contributed by atoms with E-state index in [1.54, 1.807) is 24.4 Å². The zero-order chi connectivity index (χ0) is 17.6. The molecule has 0 aliphatic carbocycles. The van der Waals surface area contributed by atoms with E-state index in [1.807, 2.05) is 41.5 Å². The van der Waals surface area contributed by atoms with Gasteiger partial charge in [0.15, 0.2) is 5.78 Å². The number of aromatic amines is 1. The Balaban J connectivity index is 2.67. The Hall–Kier alpha value is -1.68. The number of carbonyl (C=O) groups excluding carboxylic acids is 1. The summed E-state index contributed by atoms with van der Waals surface area (Å²) in [6.07, 6.45) is 1.66. The minimum Gasteiger partial charge on any atom is -0.507 e. The van der Waals surface area contributed by atoms with Gasteiger partial charge in [0.1, 0.15) is 5.75 Å². The lowest BCUT2D eigenvalue weighted by molar-refractivity contribution is 0.103. The average Bonchev–Trinajstić information content (AvgIpc) is 2.82. The van der Waals surface area contributed by atoms with Crippen LogP contribution in [-0.2, 0) is 10.8 Å². The van der Waals surface area contributed by atoms with Crippen LogP contribution in [0.4, 0.5) is 0 Å². The number of aromatic hydroxyl groups is 1. The highest BCUT2D eigenvalue weighted by atomic mass is 32.1. The first-order valence-corrected chi connectivity index (χ1v) is 8.16. The van der Waals surface area contributed by atoms with Gasteiger partial charge in [-0.2, -0.15) is 0 Å². The molecule has 1 aromatic carbocycles. The maximum absolute atomic E-state index is 12.8. The predicted molar refractivity (Wildman–Crippen MR) is 97.0 cm³/mol. The molecule has 0 fully saturated rings. The number of benzene rings is 1. The number of rotatable bonds is 2. The molecule has 0 spiro atoms. The summed E-state index contributed by atoms with van der Waals surface area (Å²) in [6, 6.07) is 5.32. The van der Waals surface area contributed by atoms with E-state index < -0.39 is 0 Å². The van der Waals surface area contributed by atoms with Gasteiger partial charge in [-0.05, 0) is 29.0 Å². The van der Waals surface area contributed by atoms with Crippen molar-refractivity contribution in [2.45, 2.75) is 57.4 Å². The van der Waals surface area contributed by atoms with E-state index in [4.69, 9.17) is 0 Å². The lowest BCUT2D eigenvalue weighted by Gasteiger charge is -2.28. The van der Waals surface area contributed by atoms with Crippen molar-refractivity contribution in [1.29, 1.82) is 0 Å². The Bertz CT molecular complexity index is 710. The second-order valence-corrected chi connectivity index (χ2v) is 8.50. The summed E-state index contributed by atoms with van der Waals surface area (Å²) in [4.78, 5) is 15.7. The fourth-order valence-corrected chi connectivity index (χ4v) is 2.79. The van der Waals surface area contributed by atoms with Gasteiger partial charge in [0.05, 0.1) is 5.03 Å². The van der Waals surface area contributed by atoms with Crippen LogP contribution in [0.3, 0.4) is 0 Å². The Morgan fingerprint density at radius 3 is 1.78 bits per heavy atom. The highest BCUT2D eigenvalue weighted by molar-refractivity contribution is 7.80. The molecule has 3 nitrogen and oxygen atoms in total. The smallest absolute Gasteiger partial charge is 0.194 e. The van der Waals surface area contributed by atoms with Crippen LogP contribution < -0.4 is 0 Å². The quantitative estimate of drug-likeness (QED) is 0.545. The molecule has 2 rings (SSSR count). The van der Waals surface area contributed by atoms with Gasteiger partial charge >= 0.3 is 0 Å². The second-order valence-electron chi connectivity index (χ2n) is 8.02. The summed E-state index contributed by atoms with van der Waals surface area (Å²) in [5, 5.41) is 11.4. The van der Waals surface area contributed by atoms with Crippen LogP contribution in [0.15, 0.2) is 29.4 Å². The molecule has 2 aromatic rings. The van der Waals surface area contributed by atoms with Crippen LogP contribution in [-0.4, -0.2) is 15.9 Å². The summed E-state index contributed by atoms with van der Waals surface area (Å²) >= 11 is 4.21. The van der Waals surface area contributed by atoms with Crippen molar-refractivity contribution >= 4 is 18.4 Å². The molecule has 0 bridgehead atoms. The second kappa shape index (κ2) is 5.75. The van der Waals surface area contributed by atoms with E-state index in [0.717, 1.165) is 11.1 Å². The van der Waals surface area contributed by atoms with Crippen LogP contribution in [0.2, 0.25) is 0 Å². The van der Waals surface area contributed by atoms with E-state index in [9.17, 15) is 9.90 Å². The maximum atomic E-state index is 12.8. The Morgan fingerprint density at radius 2 is 1.43 bits per heavy atom. The summed E-state index contributed by atoms with van der Waals surface area (Å²) in [7, 11) is 0. The summed E-state index contributed by atoms with van der Waals surface area (Å²) in [6.45, 7) is 12.2. The predicted octanol–water partition coefficient (Wildman–Crippen LogP) is 4.84. The minimum atomic E-state index is -0.257. The maximum Gasteiger partial charge on any atom is 0.194 e. The molecule has 2 N–H and O–H groups in total. The number of carbonyl (C=O) groups is 1. The molecule has 0 aliphatic rings. The van der Waals surface area contributed by atoms with Crippen molar-refractivity contribution in [2.24, 2.45) is 0 Å². The average molecular weight is 331 g/mol. The lowest BCUT2D eigenvalue weighted by atomic mass is 9.78. The molecule has 0 saturated heterocycles. The zero-order valence-electron chi connectivity index (χ0n) is 14.6. The van der Waals surface area contributed by atoms with Gasteiger partial charge in [-0.1, -0.05) is 41.5 Å². The van der Waals surface area contributed by atoms with E-state index in [1.165, 1.54) is 0 Å². The number of phenols is 1. The highest BCUT2D eigenvalue weighted by Crippen LogP contribution is 2.40. The number of nitrogens with one attached hydrogen (secondary N) is 1. The first-order valence-electron chi connectivity index (χ1n) is 7.71. The molecule has 124 valence electrons. The van der Waals surface area contributed by atoms with Gasteiger partial charge < -0.3 is 10.1 Å². The number of phenolic OH excluding ortho intramolecular Hbond substituents is 1. The third-order valence-corrected chi connectivity index (χ3v) is 4.18. The Kier molecular flexibility index (Phi) is 4.42. The number of thiol groups is 1. The molecule has 0 atom stereocenters. The largest absolute Gasteiger partial charge is 0.507 e. The van der Waals surface area contributed by atoms with Crippen LogP contribution in [0.5, 0.6) is 5.75 Å². The van der Waals surface area contributed by atoms with Gasteiger partial charge in [-0.25, -0.2) is 0 Å². The van der Waals surface area contributed by atoms with Gasteiger partial charge in [-0.15, -0.1) is 12.6 Å².